The number of rotatable bonds is 5. The summed E-state index contributed by atoms with van der Waals surface area (Å²) < 4.78 is 18.3. The molecule has 18 heavy (non-hydrogen) atoms. The largest absolute Gasteiger partial charge is 0.395 e. The molecule has 4 nitrogen and oxygen atoms in total. The Morgan fingerprint density at radius 3 is 2.67 bits per heavy atom. The Hall–Kier alpha value is -1.46. The maximum atomic E-state index is 13.1. The van der Waals surface area contributed by atoms with Gasteiger partial charge in [0.1, 0.15) is 11.5 Å². The summed E-state index contributed by atoms with van der Waals surface area (Å²) in [5.41, 5.74) is -0.639. The van der Waals surface area contributed by atoms with Crippen molar-refractivity contribution >= 4 is 5.91 Å². The van der Waals surface area contributed by atoms with Crippen molar-refractivity contribution in [1.29, 1.82) is 0 Å². The molecule has 0 fully saturated rings. The molecule has 0 aliphatic heterocycles. The van der Waals surface area contributed by atoms with Gasteiger partial charge in [-0.2, -0.15) is 0 Å². The van der Waals surface area contributed by atoms with Gasteiger partial charge in [0.2, 0.25) is 0 Å². The van der Waals surface area contributed by atoms with E-state index in [4.69, 9.17) is 9.84 Å². The average Bonchev–Trinajstić information content (AvgIpc) is 2.35. The number of carbonyl (C=O) groups excluding carboxylic acids is 1. The molecule has 0 aromatic heterocycles. The minimum atomic E-state index is -0.869. The lowest BCUT2D eigenvalue weighted by Crippen LogP contribution is -2.50. The maximum absolute atomic E-state index is 13.1. The van der Waals surface area contributed by atoms with Gasteiger partial charge in [0.05, 0.1) is 6.61 Å². The quantitative estimate of drug-likeness (QED) is 0.814. The molecule has 1 N–H and O–H groups in total. The second-order valence-electron chi connectivity index (χ2n) is 4.34. The van der Waals surface area contributed by atoms with Gasteiger partial charge in [0.15, 0.2) is 0 Å². The Kier molecular flexibility index (Phi) is 4.81. The molecule has 1 aromatic carbocycles. The van der Waals surface area contributed by atoms with Crippen LogP contribution >= 0.6 is 0 Å². The van der Waals surface area contributed by atoms with Gasteiger partial charge < -0.3 is 14.7 Å². The molecule has 0 saturated heterocycles. The monoisotopic (exact) mass is 255 g/mol. The zero-order valence-corrected chi connectivity index (χ0v) is 10.8. The molecule has 0 heterocycles. The van der Waals surface area contributed by atoms with Crippen molar-refractivity contribution in [3.05, 3.63) is 35.6 Å². The maximum Gasteiger partial charge on any atom is 0.256 e. The highest BCUT2D eigenvalue weighted by molar-refractivity contribution is 5.94. The molecule has 0 spiro atoms. The number of ether oxygens (including phenoxy) is 1. The second-order valence-corrected chi connectivity index (χ2v) is 4.34. The molecule has 0 radical (unpaired) electrons. The van der Waals surface area contributed by atoms with Gasteiger partial charge in [-0.25, -0.2) is 4.39 Å². The fourth-order valence-electron chi connectivity index (χ4n) is 1.60. The molecule has 100 valence electrons. The Morgan fingerprint density at radius 1 is 1.50 bits per heavy atom. The minimum Gasteiger partial charge on any atom is -0.395 e. The highest BCUT2D eigenvalue weighted by atomic mass is 19.1. The summed E-state index contributed by atoms with van der Waals surface area (Å²) in [5, 5.41) is 9.02. The van der Waals surface area contributed by atoms with Crippen LogP contribution in [0.15, 0.2) is 24.3 Å². The molecule has 1 aromatic rings. The van der Waals surface area contributed by atoms with Crippen molar-refractivity contribution in [2.45, 2.75) is 19.6 Å². The number of aliphatic hydroxyl groups excluding tert-OH is 1. The summed E-state index contributed by atoms with van der Waals surface area (Å²) in [7, 11) is 1.48. The molecule has 5 heteroatoms. The lowest BCUT2D eigenvalue weighted by atomic mass is 10.1. The van der Waals surface area contributed by atoms with Crippen LogP contribution in [0.3, 0.4) is 0 Å². The second kappa shape index (κ2) is 5.93. The highest BCUT2D eigenvalue weighted by Gasteiger charge is 2.30. The van der Waals surface area contributed by atoms with E-state index in [1.165, 1.54) is 36.3 Å². The van der Waals surface area contributed by atoms with Gasteiger partial charge in [-0.05, 0) is 32.0 Å². The van der Waals surface area contributed by atoms with Crippen molar-refractivity contribution in [1.82, 2.24) is 4.90 Å². The number of hydrogen-bond donors (Lipinski definition) is 1. The molecule has 0 unspecified atom stereocenters. The third kappa shape index (κ3) is 3.27. The van der Waals surface area contributed by atoms with Gasteiger partial charge in [-0.1, -0.05) is 6.07 Å². The van der Waals surface area contributed by atoms with Gasteiger partial charge in [0.25, 0.3) is 5.91 Å². The van der Waals surface area contributed by atoms with Crippen LogP contribution in [-0.4, -0.2) is 41.9 Å². The third-order valence-electron chi connectivity index (χ3n) is 2.79. The van der Waals surface area contributed by atoms with Crippen LogP contribution < -0.4 is 0 Å². The van der Waals surface area contributed by atoms with Crippen LogP contribution in [0, 0.1) is 5.82 Å². The number of halogens is 1. The van der Waals surface area contributed by atoms with Gasteiger partial charge in [0, 0.05) is 19.2 Å². The first kappa shape index (κ1) is 14.6. The number of carbonyl (C=O) groups is 1. The van der Waals surface area contributed by atoms with Crippen LogP contribution in [0.2, 0.25) is 0 Å². The van der Waals surface area contributed by atoms with E-state index < -0.39 is 11.5 Å². The molecule has 0 aliphatic rings. The number of hydrogen-bond acceptors (Lipinski definition) is 3. The lowest BCUT2D eigenvalue weighted by Gasteiger charge is -2.37. The SMILES string of the molecule is COC(C)(C)N(CCO)C(=O)c1cccc(F)c1. The number of methoxy groups -OCH3 is 1. The van der Waals surface area contributed by atoms with Gasteiger partial charge >= 0.3 is 0 Å². The number of amides is 1. The summed E-state index contributed by atoms with van der Waals surface area (Å²) in [4.78, 5) is 13.6. The smallest absolute Gasteiger partial charge is 0.256 e. The zero-order chi connectivity index (χ0) is 13.8. The molecular weight excluding hydrogens is 237 g/mol. The van der Waals surface area contributed by atoms with Crippen LogP contribution in [0.25, 0.3) is 0 Å². The Balaban J connectivity index is 3.03. The van der Waals surface area contributed by atoms with E-state index in [1.807, 2.05) is 0 Å². The zero-order valence-electron chi connectivity index (χ0n) is 10.8. The molecular formula is C13H18FNO3. The molecule has 0 bridgehead atoms. The Labute approximate surface area is 106 Å². The third-order valence-corrected chi connectivity index (χ3v) is 2.79. The van der Waals surface area contributed by atoms with Crippen LogP contribution in [0.4, 0.5) is 4.39 Å². The van der Waals surface area contributed by atoms with E-state index >= 15 is 0 Å². The fourth-order valence-corrected chi connectivity index (χ4v) is 1.60. The number of nitrogens with zero attached hydrogens (tertiary/aromatic N) is 1. The average molecular weight is 255 g/mol. The lowest BCUT2D eigenvalue weighted by molar-refractivity contribution is -0.0925. The first-order chi connectivity index (χ1) is 8.42. The van der Waals surface area contributed by atoms with Gasteiger partial charge in [-0.3, -0.25) is 4.79 Å². The summed E-state index contributed by atoms with van der Waals surface area (Å²) in [5.74, 6) is -0.851. The Morgan fingerprint density at radius 2 is 2.17 bits per heavy atom. The van der Waals surface area contributed by atoms with E-state index in [-0.39, 0.29) is 24.6 Å². The van der Waals surface area contributed by atoms with Crippen LogP contribution in [0.1, 0.15) is 24.2 Å². The summed E-state index contributed by atoms with van der Waals surface area (Å²) in [6, 6.07) is 5.44. The van der Waals surface area contributed by atoms with Crippen LogP contribution in [-0.2, 0) is 4.74 Å². The summed E-state index contributed by atoms with van der Waals surface area (Å²) in [6.45, 7) is 3.35. The first-order valence-corrected chi connectivity index (χ1v) is 5.66. The topological polar surface area (TPSA) is 49.8 Å². The minimum absolute atomic E-state index is 0.121. The molecule has 0 aliphatic carbocycles. The van der Waals surface area contributed by atoms with E-state index in [9.17, 15) is 9.18 Å². The van der Waals surface area contributed by atoms with E-state index in [0.717, 1.165) is 0 Å². The highest BCUT2D eigenvalue weighted by Crippen LogP contribution is 2.18. The predicted molar refractivity (Wildman–Crippen MR) is 65.6 cm³/mol. The predicted octanol–water partition coefficient (Wildman–Crippen LogP) is 1.64. The van der Waals surface area contributed by atoms with E-state index in [2.05, 4.69) is 0 Å². The molecule has 0 saturated carbocycles. The van der Waals surface area contributed by atoms with Crippen LogP contribution in [0.5, 0.6) is 0 Å². The van der Waals surface area contributed by atoms with Crippen molar-refractivity contribution in [2.24, 2.45) is 0 Å². The first-order valence-electron chi connectivity index (χ1n) is 5.66. The van der Waals surface area contributed by atoms with Gasteiger partial charge in [-0.15, -0.1) is 0 Å². The van der Waals surface area contributed by atoms with E-state index in [1.54, 1.807) is 13.8 Å². The summed E-state index contributed by atoms with van der Waals surface area (Å²) >= 11 is 0. The molecule has 1 amide bonds. The molecule has 1 rings (SSSR count). The number of benzene rings is 1. The standard InChI is InChI=1S/C13H18FNO3/c1-13(2,18-3)15(7-8-16)12(17)10-5-4-6-11(14)9-10/h4-6,9,16H,7-8H2,1-3H3. The number of aliphatic hydroxyl groups is 1. The van der Waals surface area contributed by atoms with Crippen molar-refractivity contribution in [3.8, 4) is 0 Å². The Bertz CT molecular complexity index is 420. The summed E-state index contributed by atoms with van der Waals surface area (Å²) in [6.07, 6.45) is 0. The fraction of sp³-hybridized carbons (Fsp3) is 0.462. The van der Waals surface area contributed by atoms with E-state index in [0.29, 0.717) is 0 Å². The molecule has 0 atom stereocenters. The van der Waals surface area contributed by atoms with Crippen molar-refractivity contribution in [3.63, 3.8) is 0 Å². The van der Waals surface area contributed by atoms with Crippen molar-refractivity contribution in [2.75, 3.05) is 20.3 Å². The van der Waals surface area contributed by atoms with Crippen molar-refractivity contribution < 1.29 is 19.0 Å². The normalized spacial score (nSPS) is 11.4.